The van der Waals surface area contributed by atoms with Gasteiger partial charge >= 0.3 is 12.1 Å². The minimum absolute atomic E-state index is 0.00612. The molecule has 0 bridgehead atoms. The highest BCUT2D eigenvalue weighted by atomic mass is 32.1. The van der Waals surface area contributed by atoms with Crippen molar-refractivity contribution in [2.75, 3.05) is 26.2 Å². The molecule has 2 fully saturated rings. The van der Waals surface area contributed by atoms with E-state index in [4.69, 9.17) is 9.47 Å². The van der Waals surface area contributed by atoms with Crippen LogP contribution in [0.1, 0.15) is 126 Å². The van der Waals surface area contributed by atoms with Gasteiger partial charge in [0.2, 0.25) is 0 Å². The summed E-state index contributed by atoms with van der Waals surface area (Å²) in [6.07, 6.45) is 12.1. The highest BCUT2D eigenvalue weighted by Gasteiger charge is 2.31. The molecular formula is C58H64N8O4S2. The fourth-order valence-corrected chi connectivity index (χ4v) is 12.5. The third-order valence-electron chi connectivity index (χ3n) is 14.0. The summed E-state index contributed by atoms with van der Waals surface area (Å²) in [5.74, 6) is 2.33. The second-order valence-corrected chi connectivity index (χ2v) is 22.3. The van der Waals surface area contributed by atoms with Crippen molar-refractivity contribution in [2.24, 2.45) is 11.8 Å². The zero-order chi connectivity index (χ0) is 50.5. The molecule has 4 amide bonds. The molecule has 2 aliphatic heterocycles. The van der Waals surface area contributed by atoms with Crippen LogP contribution in [-0.4, -0.2) is 70.2 Å². The standard InChI is InChI=1S/2C29H32N4O2S/c2*1-18(2)35-26-12-9-20(14-21(26)15-30)28-31-16-27(36-28)24-8-4-7-23-22(24)10-11-25(23)32-29(34)33-13-5-6-19(3)17-33/h2*4,7-9,12,14,16,18-19,25H,5-6,10-11,13,17H2,1-3H3,(H,32,34)/t19-,25+;19-,25-/m10/s1. The molecule has 6 aromatic rings. The van der Waals surface area contributed by atoms with Gasteiger partial charge in [-0.1, -0.05) is 50.2 Å². The Morgan fingerprint density at radius 2 is 1.07 bits per heavy atom. The second-order valence-electron chi connectivity index (χ2n) is 20.3. The number of thiazole rings is 2. The lowest BCUT2D eigenvalue weighted by Crippen LogP contribution is -2.45. The smallest absolute Gasteiger partial charge is 0.317 e. The van der Waals surface area contributed by atoms with Gasteiger partial charge in [0, 0.05) is 49.7 Å². The number of amides is 4. The van der Waals surface area contributed by atoms with Crippen molar-refractivity contribution in [1.82, 2.24) is 30.4 Å². The predicted octanol–water partition coefficient (Wildman–Crippen LogP) is 13.1. The number of aromatic nitrogens is 2. The van der Waals surface area contributed by atoms with E-state index in [-0.39, 0.29) is 36.4 Å². The van der Waals surface area contributed by atoms with Crippen LogP contribution in [0.4, 0.5) is 9.59 Å². The van der Waals surface area contributed by atoms with Crippen molar-refractivity contribution in [3.63, 3.8) is 0 Å². The maximum Gasteiger partial charge on any atom is 0.317 e. The van der Waals surface area contributed by atoms with Crippen LogP contribution >= 0.6 is 22.7 Å². The van der Waals surface area contributed by atoms with Gasteiger partial charge in [0.05, 0.1) is 45.2 Å². The van der Waals surface area contributed by atoms with E-state index in [1.54, 1.807) is 22.7 Å². The predicted molar refractivity (Wildman–Crippen MR) is 286 cm³/mol. The van der Waals surface area contributed by atoms with Gasteiger partial charge in [0.15, 0.2) is 0 Å². The first-order valence-electron chi connectivity index (χ1n) is 25.5. The van der Waals surface area contributed by atoms with E-state index < -0.39 is 0 Å². The highest BCUT2D eigenvalue weighted by Crippen LogP contribution is 2.43. The Morgan fingerprint density at radius 3 is 1.46 bits per heavy atom. The molecule has 72 heavy (non-hydrogen) atoms. The first kappa shape index (κ1) is 50.2. The summed E-state index contributed by atoms with van der Waals surface area (Å²) in [4.78, 5) is 41.4. The Bertz CT molecular complexity index is 2820. The summed E-state index contributed by atoms with van der Waals surface area (Å²) in [5, 5.41) is 27.5. The molecule has 4 heterocycles. The van der Waals surface area contributed by atoms with Gasteiger partial charge in [-0.05, 0) is 161 Å². The number of urea groups is 2. The summed E-state index contributed by atoms with van der Waals surface area (Å²) in [6, 6.07) is 28.8. The maximum absolute atomic E-state index is 12.9. The van der Waals surface area contributed by atoms with Crippen LogP contribution in [-0.2, 0) is 12.8 Å². The normalized spacial score (nSPS) is 19.1. The highest BCUT2D eigenvalue weighted by molar-refractivity contribution is 7.18. The zero-order valence-corrected chi connectivity index (χ0v) is 43.8. The van der Waals surface area contributed by atoms with E-state index in [1.807, 2.05) is 86.3 Å². The van der Waals surface area contributed by atoms with Gasteiger partial charge in [-0.2, -0.15) is 10.5 Å². The number of hydrogen-bond donors (Lipinski definition) is 2. The quantitative estimate of drug-likeness (QED) is 0.137. The van der Waals surface area contributed by atoms with E-state index in [2.05, 4.69) is 83.0 Å². The minimum atomic E-state index is 0.00612. The zero-order valence-electron chi connectivity index (χ0n) is 42.2. The first-order chi connectivity index (χ1) is 34.8. The molecule has 2 saturated heterocycles. The Morgan fingerprint density at radius 1 is 0.639 bits per heavy atom. The van der Waals surface area contributed by atoms with Crippen LogP contribution in [0, 0.1) is 34.5 Å². The number of carbonyl (C=O) groups excluding carboxylic acids is 2. The fourth-order valence-electron chi connectivity index (χ4n) is 10.6. The van der Waals surface area contributed by atoms with Crippen LogP contribution in [0.3, 0.4) is 0 Å². The van der Waals surface area contributed by atoms with E-state index in [9.17, 15) is 20.1 Å². The number of likely N-dealkylation sites (tertiary alicyclic amines) is 2. The molecule has 0 radical (unpaired) electrons. The van der Waals surface area contributed by atoms with Crippen molar-refractivity contribution < 1.29 is 19.1 Å². The summed E-state index contributed by atoms with van der Waals surface area (Å²) in [5.41, 5.74) is 10.2. The topological polar surface area (TPSA) is 156 Å². The van der Waals surface area contributed by atoms with E-state index >= 15 is 0 Å². The number of ether oxygens (including phenoxy) is 2. The lowest BCUT2D eigenvalue weighted by atomic mass is 10.0. The van der Waals surface area contributed by atoms with Gasteiger partial charge < -0.3 is 29.9 Å². The van der Waals surface area contributed by atoms with Gasteiger partial charge in [0.25, 0.3) is 0 Å². The lowest BCUT2D eigenvalue weighted by molar-refractivity contribution is 0.166. The van der Waals surface area contributed by atoms with Crippen molar-refractivity contribution in [1.29, 1.82) is 10.5 Å². The largest absolute Gasteiger partial charge is 0.490 e. The number of hydrogen-bond acceptors (Lipinski definition) is 10. The summed E-state index contributed by atoms with van der Waals surface area (Å²) >= 11 is 3.25. The van der Waals surface area contributed by atoms with Crippen molar-refractivity contribution in [2.45, 2.75) is 117 Å². The SMILES string of the molecule is CC(C)Oc1ccc(-c2ncc(-c3cccc4c3CC[C@@H]4NC(=O)N3CCC[C@@H](C)C3)s2)cc1C#N.CC(C)Oc1ccc(-c2ncc(-c3cccc4c3CC[C@@H]4NC(=O)N3CCC[C@H](C)C3)s2)cc1C#N. The average Bonchev–Trinajstić information content (AvgIpc) is 4.22. The van der Waals surface area contributed by atoms with Gasteiger partial charge in [-0.3, -0.25) is 0 Å². The third kappa shape index (κ3) is 11.3. The Balaban J connectivity index is 0.000000178. The molecule has 0 spiro atoms. The number of nitriles is 2. The van der Waals surface area contributed by atoms with E-state index in [0.717, 1.165) is 95.6 Å². The molecule has 2 aliphatic carbocycles. The average molecular weight is 1000 g/mol. The molecule has 2 N–H and O–H groups in total. The monoisotopic (exact) mass is 1000 g/mol. The number of nitrogens with one attached hydrogen (secondary N) is 2. The lowest BCUT2D eigenvalue weighted by Gasteiger charge is -2.32. The molecule has 372 valence electrons. The number of rotatable bonds is 10. The molecule has 2 aromatic heterocycles. The second kappa shape index (κ2) is 22.4. The Kier molecular flexibility index (Phi) is 15.6. The fraction of sp³-hybridized carbons (Fsp3) is 0.414. The van der Waals surface area contributed by atoms with Gasteiger partial charge in [-0.25, -0.2) is 19.6 Å². The van der Waals surface area contributed by atoms with Crippen LogP contribution < -0.4 is 20.1 Å². The maximum atomic E-state index is 12.9. The van der Waals surface area contributed by atoms with Gasteiger partial charge in [0.1, 0.15) is 33.7 Å². The molecule has 0 saturated carbocycles. The summed E-state index contributed by atoms with van der Waals surface area (Å²) < 4.78 is 11.5. The number of piperidine rings is 2. The molecule has 4 aromatic carbocycles. The van der Waals surface area contributed by atoms with Crippen molar-refractivity contribution in [3.05, 3.63) is 119 Å². The molecule has 0 unspecified atom stereocenters. The molecule has 10 rings (SSSR count). The molecule has 4 aliphatic rings. The minimum Gasteiger partial charge on any atom is -0.490 e. The number of nitrogens with zero attached hydrogens (tertiary/aromatic N) is 6. The van der Waals surface area contributed by atoms with Crippen molar-refractivity contribution in [3.8, 4) is 65.7 Å². The van der Waals surface area contributed by atoms with Crippen LogP contribution in [0.25, 0.3) is 42.0 Å². The Labute approximate surface area is 432 Å². The van der Waals surface area contributed by atoms with Crippen molar-refractivity contribution >= 4 is 34.7 Å². The molecule has 12 nitrogen and oxygen atoms in total. The van der Waals surface area contributed by atoms with Gasteiger partial charge in [-0.15, -0.1) is 22.7 Å². The molecule has 14 heteroatoms. The Hall–Kier alpha value is -6.74. The molecule has 4 atom stereocenters. The summed E-state index contributed by atoms with van der Waals surface area (Å²) in [6.45, 7) is 15.6. The van der Waals surface area contributed by atoms with Crippen LogP contribution in [0.5, 0.6) is 11.5 Å². The first-order valence-corrected chi connectivity index (χ1v) is 27.2. The molecular weight excluding hydrogens is 937 g/mol. The summed E-state index contributed by atoms with van der Waals surface area (Å²) in [7, 11) is 0. The van der Waals surface area contributed by atoms with Crippen LogP contribution in [0.2, 0.25) is 0 Å². The number of benzene rings is 4. The van der Waals surface area contributed by atoms with E-state index in [1.165, 1.54) is 46.2 Å². The van der Waals surface area contributed by atoms with Crippen LogP contribution in [0.15, 0.2) is 85.2 Å². The van der Waals surface area contributed by atoms with E-state index in [0.29, 0.717) is 34.5 Å². The number of carbonyl (C=O) groups is 2. The number of fused-ring (bicyclic) bond motifs is 2. The third-order valence-corrected chi connectivity index (χ3v) is 16.1.